The molecule has 2 fully saturated rings. The highest BCUT2D eigenvalue weighted by molar-refractivity contribution is 14.0. The number of thiophene rings is 1. The van der Waals surface area contributed by atoms with Gasteiger partial charge in [0, 0.05) is 31.1 Å². The Balaban J connectivity index is 0.00000225. The lowest BCUT2D eigenvalue weighted by atomic mass is 10.3. The molecule has 0 spiro atoms. The summed E-state index contributed by atoms with van der Waals surface area (Å²) in [6, 6.07) is 4.61. The highest BCUT2D eigenvalue weighted by atomic mass is 127. The third kappa shape index (κ3) is 4.83. The number of halogens is 1. The number of rotatable bonds is 5. The van der Waals surface area contributed by atoms with E-state index in [4.69, 9.17) is 4.99 Å². The number of nitrogens with one attached hydrogen (secondary N) is 1. The number of piperazine rings is 1. The van der Waals surface area contributed by atoms with Gasteiger partial charge in [0.15, 0.2) is 11.8 Å². The number of carbonyl (C=O) groups is 1. The molecule has 0 bridgehead atoms. The van der Waals surface area contributed by atoms with Gasteiger partial charge in [0.1, 0.15) is 12.4 Å². The first-order chi connectivity index (χ1) is 13.1. The molecule has 3 heterocycles. The summed E-state index contributed by atoms with van der Waals surface area (Å²) in [5, 5.41) is 13.8. The van der Waals surface area contributed by atoms with E-state index < -0.39 is 0 Å². The van der Waals surface area contributed by atoms with Gasteiger partial charge in [0.25, 0.3) is 0 Å². The van der Waals surface area contributed by atoms with E-state index in [0.717, 1.165) is 43.5 Å². The predicted molar refractivity (Wildman–Crippen MR) is 120 cm³/mol. The van der Waals surface area contributed by atoms with Crippen LogP contribution < -0.4 is 5.32 Å². The number of hydrogen-bond donors (Lipinski definition) is 1. The van der Waals surface area contributed by atoms with Gasteiger partial charge in [-0.25, -0.2) is 4.99 Å². The van der Waals surface area contributed by atoms with Gasteiger partial charge in [-0.1, -0.05) is 6.07 Å². The van der Waals surface area contributed by atoms with Crippen LogP contribution in [0.3, 0.4) is 0 Å². The molecule has 28 heavy (non-hydrogen) atoms. The van der Waals surface area contributed by atoms with Gasteiger partial charge in [0.05, 0.1) is 13.1 Å². The van der Waals surface area contributed by atoms with Crippen molar-refractivity contribution in [3.63, 3.8) is 0 Å². The number of guanidine groups is 1. The average molecular weight is 515 g/mol. The summed E-state index contributed by atoms with van der Waals surface area (Å²) in [4.78, 5) is 22.6. The number of aromatic nitrogens is 3. The Bertz CT molecular complexity index is 831. The second-order valence-corrected chi connectivity index (χ2v) is 8.07. The van der Waals surface area contributed by atoms with E-state index >= 15 is 0 Å². The van der Waals surface area contributed by atoms with Crippen molar-refractivity contribution in [3.05, 3.63) is 34.0 Å². The highest BCUT2D eigenvalue weighted by Gasteiger charge is 2.36. The lowest BCUT2D eigenvalue weighted by Crippen LogP contribution is -2.55. The van der Waals surface area contributed by atoms with Crippen LogP contribution in [0.25, 0.3) is 0 Å². The SMILES string of the molecule is Cc1nnc(CN=C(NCc2cccs2)N2CCN(C3CC3)C(=O)C2)n1C.I. The highest BCUT2D eigenvalue weighted by Crippen LogP contribution is 2.28. The normalized spacial score (nSPS) is 17.6. The Morgan fingerprint density at radius 2 is 2.18 bits per heavy atom. The number of amides is 1. The molecule has 8 nitrogen and oxygen atoms in total. The van der Waals surface area contributed by atoms with E-state index in [1.54, 1.807) is 11.3 Å². The summed E-state index contributed by atoms with van der Waals surface area (Å²) < 4.78 is 1.94. The number of hydrogen-bond acceptors (Lipinski definition) is 5. The minimum atomic E-state index is 0. The number of nitrogens with zero attached hydrogens (tertiary/aromatic N) is 6. The molecule has 1 amide bonds. The van der Waals surface area contributed by atoms with Gasteiger partial charge >= 0.3 is 0 Å². The van der Waals surface area contributed by atoms with Crippen LogP contribution in [-0.2, 0) is 24.9 Å². The molecule has 1 saturated carbocycles. The van der Waals surface area contributed by atoms with Crippen molar-refractivity contribution in [1.29, 1.82) is 0 Å². The Labute approximate surface area is 186 Å². The van der Waals surface area contributed by atoms with Gasteiger partial charge in [-0.05, 0) is 31.2 Å². The van der Waals surface area contributed by atoms with Crippen LogP contribution in [0.2, 0.25) is 0 Å². The smallest absolute Gasteiger partial charge is 0.242 e. The Morgan fingerprint density at radius 1 is 1.36 bits per heavy atom. The van der Waals surface area contributed by atoms with Crippen molar-refractivity contribution in [2.45, 2.75) is 38.9 Å². The fraction of sp³-hybridized carbons (Fsp3) is 0.556. The van der Waals surface area contributed by atoms with E-state index in [-0.39, 0.29) is 29.9 Å². The van der Waals surface area contributed by atoms with Crippen molar-refractivity contribution < 1.29 is 4.79 Å². The Morgan fingerprint density at radius 3 is 2.79 bits per heavy atom. The van der Waals surface area contributed by atoms with Crippen LogP contribution >= 0.6 is 35.3 Å². The molecule has 1 aliphatic heterocycles. The monoisotopic (exact) mass is 515 g/mol. The van der Waals surface area contributed by atoms with Crippen molar-refractivity contribution in [2.24, 2.45) is 12.0 Å². The predicted octanol–water partition coefficient (Wildman–Crippen LogP) is 1.76. The number of carbonyl (C=O) groups excluding carboxylic acids is 1. The molecule has 1 saturated heterocycles. The molecule has 0 atom stereocenters. The van der Waals surface area contributed by atoms with Gasteiger partial charge < -0.3 is 19.7 Å². The lowest BCUT2D eigenvalue weighted by molar-refractivity contribution is -0.135. The van der Waals surface area contributed by atoms with Gasteiger partial charge in [-0.3, -0.25) is 4.79 Å². The van der Waals surface area contributed by atoms with Crippen LogP contribution in [0.5, 0.6) is 0 Å². The standard InChI is InChI=1S/C18H25N7OS.HI/c1-13-21-22-16(23(13)2)11-20-18(19-10-15-4-3-9-27-15)24-7-8-25(14-5-6-14)17(26)12-24;/h3-4,9,14H,5-8,10-12H2,1-2H3,(H,19,20);1H. The van der Waals surface area contributed by atoms with E-state index in [2.05, 4.69) is 31.9 Å². The maximum Gasteiger partial charge on any atom is 0.242 e. The third-order valence-electron chi connectivity index (χ3n) is 5.10. The maximum absolute atomic E-state index is 12.5. The van der Waals surface area contributed by atoms with Crippen LogP contribution in [-0.4, -0.2) is 62.1 Å². The summed E-state index contributed by atoms with van der Waals surface area (Å²) in [6.07, 6.45) is 2.30. The summed E-state index contributed by atoms with van der Waals surface area (Å²) in [7, 11) is 1.94. The van der Waals surface area contributed by atoms with Crippen molar-refractivity contribution in [3.8, 4) is 0 Å². The number of aryl methyl sites for hydroxylation is 1. The van der Waals surface area contributed by atoms with Gasteiger partial charge in [-0.15, -0.1) is 45.5 Å². The van der Waals surface area contributed by atoms with Crippen molar-refractivity contribution in [2.75, 3.05) is 19.6 Å². The molecule has 10 heteroatoms. The number of aliphatic imine (C=N–C) groups is 1. The zero-order chi connectivity index (χ0) is 18.8. The van der Waals surface area contributed by atoms with Crippen LogP contribution in [0.1, 0.15) is 29.4 Å². The van der Waals surface area contributed by atoms with Crippen molar-refractivity contribution in [1.82, 2.24) is 29.9 Å². The third-order valence-corrected chi connectivity index (χ3v) is 5.97. The topological polar surface area (TPSA) is 78.7 Å². The maximum atomic E-state index is 12.5. The van der Waals surface area contributed by atoms with Crippen LogP contribution in [0.4, 0.5) is 0 Å². The summed E-state index contributed by atoms with van der Waals surface area (Å²) in [6.45, 7) is 5.01. The minimum absolute atomic E-state index is 0. The molecule has 0 radical (unpaired) electrons. The van der Waals surface area contributed by atoms with Gasteiger partial charge in [0.2, 0.25) is 5.91 Å². The quantitative estimate of drug-likeness (QED) is 0.373. The molecular formula is C18H26IN7OS. The first kappa shape index (κ1) is 21.0. The second-order valence-electron chi connectivity index (χ2n) is 7.04. The fourth-order valence-corrected chi connectivity index (χ4v) is 3.87. The van der Waals surface area contributed by atoms with Crippen LogP contribution in [0.15, 0.2) is 22.5 Å². The fourth-order valence-electron chi connectivity index (χ4n) is 3.22. The van der Waals surface area contributed by atoms with Crippen molar-refractivity contribution >= 4 is 47.2 Å². The Hall–Kier alpha value is -1.69. The van der Waals surface area contributed by atoms with E-state index in [0.29, 0.717) is 25.7 Å². The average Bonchev–Trinajstić information content (AvgIpc) is 3.28. The first-order valence-corrected chi connectivity index (χ1v) is 10.2. The molecule has 2 aromatic rings. The van der Waals surface area contributed by atoms with Gasteiger partial charge in [-0.2, -0.15) is 0 Å². The summed E-state index contributed by atoms with van der Waals surface area (Å²) in [5.41, 5.74) is 0. The molecule has 2 aliphatic rings. The minimum Gasteiger partial charge on any atom is -0.351 e. The molecule has 1 N–H and O–H groups in total. The largest absolute Gasteiger partial charge is 0.351 e. The van der Waals surface area contributed by atoms with Crippen LogP contribution in [0, 0.1) is 6.92 Å². The molecular weight excluding hydrogens is 489 g/mol. The second kappa shape index (κ2) is 9.21. The molecule has 0 unspecified atom stereocenters. The molecule has 152 valence electrons. The Kier molecular flexibility index (Phi) is 6.91. The first-order valence-electron chi connectivity index (χ1n) is 9.32. The summed E-state index contributed by atoms with van der Waals surface area (Å²) >= 11 is 1.71. The molecule has 0 aromatic carbocycles. The lowest BCUT2D eigenvalue weighted by Gasteiger charge is -2.36. The molecule has 2 aromatic heterocycles. The van der Waals surface area contributed by atoms with E-state index in [1.807, 2.05) is 29.5 Å². The zero-order valence-electron chi connectivity index (χ0n) is 16.2. The van der Waals surface area contributed by atoms with E-state index in [1.165, 1.54) is 4.88 Å². The molecule has 4 rings (SSSR count). The molecule has 1 aliphatic carbocycles. The summed E-state index contributed by atoms with van der Waals surface area (Å²) in [5.74, 6) is 2.63. The van der Waals surface area contributed by atoms with E-state index in [9.17, 15) is 4.79 Å². The zero-order valence-corrected chi connectivity index (χ0v) is 19.3.